The number of hydrogen-bond acceptors (Lipinski definition) is 15. The molecule has 0 aliphatic heterocycles. The van der Waals surface area contributed by atoms with Crippen LogP contribution in [-0.2, 0) is 65.4 Å². The third-order valence-electron chi connectivity index (χ3n) is 15.2. The largest absolute Gasteiger partial charge is 0.472 e. The number of unbranched alkanes of at least 4 members (excludes halogenated alkanes) is 35. The lowest BCUT2D eigenvalue weighted by atomic mass is 10.0. The molecule has 0 heterocycles. The Labute approximate surface area is 517 Å². The number of carbonyl (C=O) groups is 4. The minimum atomic E-state index is -4.95. The molecule has 19 heteroatoms. The van der Waals surface area contributed by atoms with Crippen molar-refractivity contribution < 1.29 is 80.2 Å². The van der Waals surface area contributed by atoms with E-state index in [2.05, 4.69) is 41.5 Å². The summed E-state index contributed by atoms with van der Waals surface area (Å²) < 4.78 is 67.9. The van der Waals surface area contributed by atoms with E-state index in [1.54, 1.807) is 0 Å². The number of hydrogen-bond donors (Lipinski definition) is 3. The van der Waals surface area contributed by atoms with Crippen molar-refractivity contribution in [2.75, 3.05) is 39.6 Å². The second-order valence-electron chi connectivity index (χ2n) is 24.8. The Morgan fingerprint density at radius 1 is 0.318 bits per heavy atom. The van der Waals surface area contributed by atoms with Gasteiger partial charge in [0.1, 0.15) is 19.3 Å². The first kappa shape index (κ1) is 83.1. The van der Waals surface area contributed by atoms with E-state index in [-0.39, 0.29) is 25.7 Å². The molecule has 504 valence electrons. The van der Waals surface area contributed by atoms with Crippen LogP contribution >= 0.6 is 15.6 Å². The van der Waals surface area contributed by atoms with Gasteiger partial charge in [-0.05, 0) is 37.5 Å². The van der Waals surface area contributed by atoms with Gasteiger partial charge < -0.3 is 33.8 Å². The van der Waals surface area contributed by atoms with E-state index in [9.17, 15) is 43.2 Å². The second kappa shape index (κ2) is 58.4. The normalized spacial score (nSPS) is 14.2. The van der Waals surface area contributed by atoms with E-state index in [0.717, 1.165) is 108 Å². The Bertz CT molecular complexity index is 1670. The van der Waals surface area contributed by atoms with Crippen molar-refractivity contribution >= 4 is 39.5 Å². The minimum Gasteiger partial charge on any atom is -0.462 e. The molecular weight excluding hydrogens is 1130 g/mol. The number of ether oxygens (including phenoxy) is 4. The highest BCUT2D eigenvalue weighted by atomic mass is 31.2. The highest BCUT2D eigenvalue weighted by Gasteiger charge is 2.30. The molecule has 0 aromatic heterocycles. The Kier molecular flexibility index (Phi) is 57.1. The van der Waals surface area contributed by atoms with E-state index in [4.69, 9.17) is 37.0 Å². The zero-order valence-electron chi connectivity index (χ0n) is 54.9. The van der Waals surface area contributed by atoms with Crippen LogP contribution in [0.2, 0.25) is 0 Å². The summed E-state index contributed by atoms with van der Waals surface area (Å²) in [4.78, 5) is 72.1. The Morgan fingerprint density at radius 2 is 0.541 bits per heavy atom. The molecule has 0 bridgehead atoms. The molecule has 0 aliphatic rings. The molecule has 0 aromatic carbocycles. The number of carbonyl (C=O) groups excluding carboxylic acids is 4. The quantitative estimate of drug-likeness (QED) is 0.0222. The van der Waals surface area contributed by atoms with Crippen LogP contribution in [0.4, 0.5) is 0 Å². The van der Waals surface area contributed by atoms with Gasteiger partial charge in [0.2, 0.25) is 0 Å². The number of aliphatic hydroxyl groups excluding tert-OH is 1. The Balaban J connectivity index is 5.16. The molecule has 0 fully saturated rings. The molecule has 3 N–H and O–H groups in total. The highest BCUT2D eigenvalue weighted by Crippen LogP contribution is 2.45. The van der Waals surface area contributed by atoms with Crippen LogP contribution in [0, 0.1) is 11.8 Å². The van der Waals surface area contributed by atoms with Crippen LogP contribution in [0.25, 0.3) is 0 Å². The van der Waals surface area contributed by atoms with Gasteiger partial charge in [0.05, 0.1) is 26.4 Å². The molecule has 0 radical (unpaired) electrons. The molecule has 0 rings (SSSR count). The van der Waals surface area contributed by atoms with Crippen molar-refractivity contribution in [3.63, 3.8) is 0 Å². The second-order valence-corrected chi connectivity index (χ2v) is 27.7. The fraction of sp³-hybridized carbons (Fsp3) is 0.939. The molecule has 85 heavy (non-hydrogen) atoms. The Hall–Kier alpha value is -1.94. The number of phosphoric ester groups is 2. The average molecular weight is 1260 g/mol. The summed E-state index contributed by atoms with van der Waals surface area (Å²) in [5, 5.41) is 10.5. The van der Waals surface area contributed by atoms with Crippen LogP contribution in [0.3, 0.4) is 0 Å². The number of rotatable bonds is 65. The van der Waals surface area contributed by atoms with Crippen LogP contribution in [0.15, 0.2) is 0 Å². The summed E-state index contributed by atoms with van der Waals surface area (Å²) in [7, 11) is -9.88. The van der Waals surface area contributed by atoms with E-state index < -0.39 is 97.5 Å². The van der Waals surface area contributed by atoms with Crippen LogP contribution < -0.4 is 0 Å². The van der Waals surface area contributed by atoms with Gasteiger partial charge in [-0.3, -0.25) is 37.3 Å². The van der Waals surface area contributed by atoms with Gasteiger partial charge in [-0.25, -0.2) is 9.13 Å². The van der Waals surface area contributed by atoms with Gasteiger partial charge in [0.15, 0.2) is 12.2 Å². The first-order valence-electron chi connectivity index (χ1n) is 34.5. The monoisotopic (exact) mass is 1250 g/mol. The molecule has 0 saturated heterocycles. The summed E-state index contributed by atoms with van der Waals surface area (Å²) in [6.45, 7) is 9.41. The number of aliphatic hydroxyl groups is 1. The topological polar surface area (TPSA) is 237 Å². The fourth-order valence-corrected chi connectivity index (χ4v) is 11.5. The van der Waals surface area contributed by atoms with Gasteiger partial charge in [0.25, 0.3) is 0 Å². The molecule has 0 amide bonds. The van der Waals surface area contributed by atoms with Gasteiger partial charge in [-0.1, -0.05) is 279 Å². The van der Waals surface area contributed by atoms with Crippen LogP contribution in [0.5, 0.6) is 0 Å². The van der Waals surface area contributed by atoms with E-state index in [0.29, 0.717) is 25.7 Å². The Morgan fingerprint density at radius 3 is 0.800 bits per heavy atom. The summed E-state index contributed by atoms with van der Waals surface area (Å²) in [5.74, 6) is -0.628. The fourth-order valence-electron chi connectivity index (χ4n) is 9.88. The molecule has 0 saturated carbocycles. The number of esters is 4. The van der Waals surface area contributed by atoms with Gasteiger partial charge in [-0.15, -0.1) is 0 Å². The van der Waals surface area contributed by atoms with E-state index in [1.807, 2.05) is 0 Å². The third kappa shape index (κ3) is 60.7. The minimum absolute atomic E-state index is 0.103. The predicted molar refractivity (Wildman–Crippen MR) is 340 cm³/mol. The van der Waals surface area contributed by atoms with Crippen molar-refractivity contribution in [3.8, 4) is 0 Å². The maximum absolute atomic E-state index is 13.0. The van der Waals surface area contributed by atoms with Gasteiger partial charge >= 0.3 is 39.5 Å². The maximum Gasteiger partial charge on any atom is 0.472 e. The van der Waals surface area contributed by atoms with Crippen molar-refractivity contribution in [1.82, 2.24) is 0 Å². The maximum atomic E-state index is 13.0. The number of phosphoric acid groups is 2. The molecule has 0 aromatic rings. The molecule has 0 aliphatic carbocycles. The summed E-state index contributed by atoms with van der Waals surface area (Å²) in [6, 6.07) is 0. The first-order valence-corrected chi connectivity index (χ1v) is 37.5. The molecular formula is C66H128O17P2. The van der Waals surface area contributed by atoms with Crippen molar-refractivity contribution in [3.05, 3.63) is 0 Å². The smallest absolute Gasteiger partial charge is 0.462 e. The zero-order chi connectivity index (χ0) is 62.9. The molecule has 17 nitrogen and oxygen atoms in total. The standard InChI is InChI=1S/C66H128O17P2/c1-7-9-11-13-14-15-16-22-25-31-37-43-49-64(69)77-55-62(83-65(70)50-44-38-32-26-23-20-18-17-19-21-24-29-35-40-46-58(3)4)57-81-85(74,75)79-53-60(67)52-78-84(72,73)80-56-61(54-76-63(68)48-42-34-12-10-8-2)82-66(71)51-45-39-33-28-27-30-36-41-47-59(5)6/h58-62,67H,7-57H2,1-6H3,(H,72,73)(H,74,75)/t60-,61+,62+/m0/s1. The molecule has 0 spiro atoms. The average Bonchev–Trinajstić information content (AvgIpc) is 3.60. The summed E-state index contributed by atoms with van der Waals surface area (Å²) >= 11 is 0. The predicted octanol–water partition coefficient (Wildman–Crippen LogP) is 18.4. The van der Waals surface area contributed by atoms with Crippen LogP contribution in [0.1, 0.15) is 330 Å². The van der Waals surface area contributed by atoms with Crippen LogP contribution in [-0.4, -0.2) is 96.7 Å². The SMILES string of the molecule is CCCCCCCCCCCCCCC(=O)OC[C@H](COP(=O)(O)OC[C@@H](O)COP(=O)(O)OC[C@@H](COC(=O)CCCCCCC)OC(=O)CCCCCCCCCCC(C)C)OC(=O)CCCCCCCCCCCCCCCCC(C)C. The third-order valence-corrected chi connectivity index (χ3v) is 17.1. The van der Waals surface area contributed by atoms with Crippen molar-refractivity contribution in [2.45, 2.75) is 349 Å². The van der Waals surface area contributed by atoms with E-state index in [1.165, 1.54) is 141 Å². The van der Waals surface area contributed by atoms with Gasteiger partial charge in [-0.2, -0.15) is 0 Å². The summed E-state index contributed by atoms with van der Waals surface area (Å²) in [6.07, 6.45) is 42.1. The lowest BCUT2D eigenvalue weighted by Gasteiger charge is -2.21. The van der Waals surface area contributed by atoms with Crippen molar-refractivity contribution in [2.24, 2.45) is 11.8 Å². The molecule has 2 unspecified atom stereocenters. The van der Waals surface area contributed by atoms with Gasteiger partial charge in [0, 0.05) is 25.7 Å². The lowest BCUT2D eigenvalue weighted by Crippen LogP contribution is -2.30. The highest BCUT2D eigenvalue weighted by molar-refractivity contribution is 7.47. The van der Waals surface area contributed by atoms with E-state index >= 15 is 0 Å². The molecule has 5 atom stereocenters. The zero-order valence-corrected chi connectivity index (χ0v) is 56.7. The lowest BCUT2D eigenvalue weighted by molar-refractivity contribution is -0.161. The van der Waals surface area contributed by atoms with Crippen molar-refractivity contribution in [1.29, 1.82) is 0 Å². The first-order chi connectivity index (χ1) is 40.9. The summed E-state index contributed by atoms with van der Waals surface area (Å²) in [5.41, 5.74) is 0.